The van der Waals surface area contributed by atoms with Crippen LogP contribution in [0.25, 0.3) is 0 Å². The number of ether oxygens (including phenoxy) is 1. The second kappa shape index (κ2) is 6.89. The molecule has 1 saturated carbocycles. The number of nitrogens with one attached hydrogen (secondary N) is 2. The van der Waals surface area contributed by atoms with Crippen molar-refractivity contribution in [2.45, 2.75) is 32.7 Å². The molecule has 124 valence electrons. The van der Waals surface area contributed by atoms with Crippen molar-refractivity contribution in [1.82, 2.24) is 10.2 Å². The molecule has 3 rings (SSSR count). The van der Waals surface area contributed by atoms with Crippen LogP contribution in [-0.4, -0.2) is 36.5 Å². The predicted molar refractivity (Wildman–Crippen MR) is 87.4 cm³/mol. The van der Waals surface area contributed by atoms with Gasteiger partial charge in [-0.15, -0.1) is 0 Å². The van der Waals surface area contributed by atoms with Crippen LogP contribution in [0.15, 0.2) is 18.2 Å². The van der Waals surface area contributed by atoms with Crippen LogP contribution in [-0.2, 0) is 11.3 Å². The second-order valence-corrected chi connectivity index (χ2v) is 6.04. The van der Waals surface area contributed by atoms with E-state index in [1.54, 1.807) is 0 Å². The lowest BCUT2D eigenvalue weighted by molar-refractivity contribution is -0.138. The highest BCUT2D eigenvalue weighted by Gasteiger charge is 2.30. The molecular weight excluding hydrogens is 294 g/mol. The molecule has 2 aliphatic rings. The Labute approximate surface area is 136 Å². The lowest BCUT2D eigenvalue weighted by Gasteiger charge is -2.30. The van der Waals surface area contributed by atoms with Gasteiger partial charge >= 0.3 is 6.03 Å². The molecule has 1 aliphatic heterocycles. The van der Waals surface area contributed by atoms with Crippen LogP contribution in [0, 0.1) is 5.92 Å². The van der Waals surface area contributed by atoms with Gasteiger partial charge in [-0.25, -0.2) is 4.79 Å². The molecule has 0 spiro atoms. The Morgan fingerprint density at radius 2 is 2.17 bits per heavy atom. The summed E-state index contributed by atoms with van der Waals surface area (Å²) in [4.78, 5) is 26.0. The van der Waals surface area contributed by atoms with Gasteiger partial charge in [0.1, 0.15) is 12.4 Å². The van der Waals surface area contributed by atoms with E-state index >= 15 is 0 Å². The van der Waals surface area contributed by atoms with Gasteiger partial charge in [-0.1, -0.05) is 6.42 Å². The molecule has 0 bridgehead atoms. The number of carbonyl (C=O) groups is 2. The summed E-state index contributed by atoms with van der Waals surface area (Å²) in [7, 11) is 0. The van der Waals surface area contributed by atoms with E-state index in [9.17, 15) is 9.59 Å². The fourth-order valence-electron chi connectivity index (χ4n) is 2.91. The third-order valence-electron chi connectivity index (χ3n) is 4.40. The first-order chi connectivity index (χ1) is 11.2. The molecule has 3 amide bonds. The van der Waals surface area contributed by atoms with Crippen LogP contribution >= 0.6 is 0 Å². The lowest BCUT2D eigenvalue weighted by Crippen LogP contribution is -2.39. The molecule has 23 heavy (non-hydrogen) atoms. The minimum atomic E-state index is -0.232. The van der Waals surface area contributed by atoms with Gasteiger partial charge in [-0.2, -0.15) is 0 Å². The summed E-state index contributed by atoms with van der Waals surface area (Å²) in [6.07, 6.45) is 3.15. The van der Waals surface area contributed by atoms with E-state index in [2.05, 4.69) is 10.6 Å². The zero-order chi connectivity index (χ0) is 16.2. The van der Waals surface area contributed by atoms with Crippen molar-refractivity contribution >= 4 is 17.6 Å². The standard InChI is InChI=1S/C17H23N3O3/c1-2-18-17(22)19-14-6-7-15-13(10-14)11-20(8-9-23-15)16(21)12-4-3-5-12/h6-7,10,12H,2-5,8-9,11H2,1H3,(H2,18,19,22). The fraction of sp³-hybridized carbons (Fsp3) is 0.529. The monoisotopic (exact) mass is 317 g/mol. The Kier molecular flexibility index (Phi) is 4.69. The smallest absolute Gasteiger partial charge is 0.319 e. The van der Waals surface area contributed by atoms with Gasteiger partial charge in [0.05, 0.1) is 6.54 Å². The molecule has 1 fully saturated rings. The van der Waals surface area contributed by atoms with Crippen molar-refractivity contribution in [2.75, 3.05) is 25.0 Å². The Bertz CT molecular complexity index is 599. The molecule has 2 N–H and O–H groups in total. The number of fused-ring (bicyclic) bond motifs is 1. The molecule has 1 aromatic carbocycles. The summed E-state index contributed by atoms with van der Waals surface area (Å²) in [5, 5.41) is 5.49. The number of carbonyl (C=O) groups excluding carboxylic acids is 2. The average molecular weight is 317 g/mol. The SMILES string of the molecule is CCNC(=O)Nc1ccc2c(c1)CN(C(=O)C1CCC1)CCO2. The molecule has 6 nitrogen and oxygen atoms in total. The van der Waals surface area contributed by atoms with E-state index in [-0.39, 0.29) is 17.9 Å². The van der Waals surface area contributed by atoms with E-state index in [1.165, 1.54) is 0 Å². The van der Waals surface area contributed by atoms with Crippen molar-refractivity contribution in [1.29, 1.82) is 0 Å². The summed E-state index contributed by atoms with van der Waals surface area (Å²) in [5.41, 5.74) is 1.64. The van der Waals surface area contributed by atoms with Crippen LogP contribution in [0.5, 0.6) is 5.75 Å². The first-order valence-corrected chi connectivity index (χ1v) is 8.26. The molecule has 1 aromatic rings. The van der Waals surface area contributed by atoms with E-state index in [0.29, 0.717) is 31.9 Å². The van der Waals surface area contributed by atoms with Crippen LogP contribution in [0.1, 0.15) is 31.7 Å². The maximum atomic E-state index is 12.5. The minimum Gasteiger partial charge on any atom is -0.491 e. The summed E-state index contributed by atoms with van der Waals surface area (Å²) in [5.74, 6) is 1.21. The normalized spacial score (nSPS) is 17.3. The van der Waals surface area contributed by atoms with E-state index in [0.717, 1.165) is 30.6 Å². The second-order valence-electron chi connectivity index (χ2n) is 6.04. The maximum absolute atomic E-state index is 12.5. The van der Waals surface area contributed by atoms with Crippen LogP contribution < -0.4 is 15.4 Å². The van der Waals surface area contributed by atoms with E-state index in [1.807, 2.05) is 30.0 Å². The van der Waals surface area contributed by atoms with Gasteiger partial charge in [0, 0.05) is 30.3 Å². The Morgan fingerprint density at radius 3 is 2.87 bits per heavy atom. The zero-order valence-electron chi connectivity index (χ0n) is 13.4. The number of anilines is 1. The molecule has 6 heteroatoms. The number of hydrogen-bond donors (Lipinski definition) is 2. The number of amides is 3. The third-order valence-corrected chi connectivity index (χ3v) is 4.40. The Hall–Kier alpha value is -2.24. The van der Waals surface area contributed by atoms with E-state index < -0.39 is 0 Å². The van der Waals surface area contributed by atoms with Gasteiger partial charge in [0.2, 0.25) is 5.91 Å². The van der Waals surface area contributed by atoms with E-state index in [4.69, 9.17) is 4.74 Å². The average Bonchev–Trinajstić information content (AvgIpc) is 2.67. The van der Waals surface area contributed by atoms with Crippen molar-refractivity contribution in [2.24, 2.45) is 5.92 Å². The first kappa shape index (κ1) is 15.6. The Balaban J connectivity index is 1.73. The van der Waals surface area contributed by atoms with Gasteiger partial charge < -0.3 is 20.3 Å². The highest BCUT2D eigenvalue weighted by Crippen LogP contribution is 2.31. The molecule has 0 atom stereocenters. The van der Waals surface area contributed by atoms with Crippen LogP contribution in [0.2, 0.25) is 0 Å². The molecule has 1 heterocycles. The topological polar surface area (TPSA) is 70.7 Å². The number of rotatable bonds is 3. The first-order valence-electron chi connectivity index (χ1n) is 8.26. The zero-order valence-corrected chi connectivity index (χ0v) is 13.4. The van der Waals surface area contributed by atoms with Crippen molar-refractivity contribution in [3.8, 4) is 5.75 Å². The third kappa shape index (κ3) is 3.57. The highest BCUT2D eigenvalue weighted by atomic mass is 16.5. The van der Waals surface area contributed by atoms with Crippen molar-refractivity contribution < 1.29 is 14.3 Å². The van der Waals surface area contributed by atoms with Gasteiger partial charge in [-0.05, 0) is 38.0 Å². The molecule has 0 radical (unpaired) electrons. The Morgan fingerprint density at radius 1 is 1.35 bits per heavy atom. The summed E-state index contributed by atoms with van der Waals surface area (Å²) < 4.78 is 5.75. The quantitative estimate of drug-likeness (QED) is 0.899. The molecule has 0 unspecified atom stereocenters. The number of hydrogen-bond acceptors (Lipinski definition) is 3. The molecular formula is C17H23N3O3. The largest absolute Gasteiger partial charge is 0.491 e. The fourth-order valence-corrected chi connectivity index (χ4v) is 2.91. The molecule has 1 aliphatic carbocycles. The molecule has 0 aromatic heterocycles. The van der Waals surface area contributed by atoms with Crippen LogP contribution in [0.4, 0.5) is 10.5 Å². The van der Waals surface area contributed by atoms with Crippen LogP contribution in [0.3, 0.4) is 0 Å². The van der Waals surface area contributed by atoms with Crippen molar-refractivity contribution in [3.05, 3.63) is 23.8 Å². The predicted octanol–water partition coefficient (Wildman–Crippen LogP) is 2.35. The highest BCUT2D eigenvalue weighted by molar-refractivity contribution is 5.89. The summed E-state index contributed by atoms with van der Waals surface area (Å²) in [6, 6.07) is 5.33. The summed E-state index contributed by atoms with van der Waals surface area (Å²) >= 11 is 0. The molecule has 0 saturated heterocycles. The lowest BCUT2D eigenvalue weighted by atomic mass is 9.84. The number of urea groups is 1. The number of nitrogens with zero attached hydrogens (tertiary/aromatic N) is 1. The summed E-state index contributed by atoms with van der Waals surface area (Å²) in [6.45, 7) is 4.10. The minimum absolute atomic E-state index is 0.188. The van der Waals surface area contributed by atoms with Gasteiger partial charge in [0.15, 0.2) is 0 Å². The number of benzene rings is 1. The van der Waals surface area contributed by atoms with Gasteiger partial charge in [0.25, 0.3) is 0 Å². The van der Waals surface area contributed by atoms with Crippen molar-refractivity contribution in [3.63, 3.8) is 0 Å². The maximum Gasteiger partial charge on any atom is 0.319 e. The van der Waals surface area contributed by atoms with Gasteiger partial charge in [-0.3, -0.25) is 4.79 Å².